The van der Waals surface area contributed by atoms with E-state index in [9.17, 15) is 9.59 Å². The predicted octanol–water partition coefficient (Wildman–Crippen LogP) is 2.68. The van der Waals surface area contributed by atoms with Crippen LogP contribution >= 0.6 is 23.2 Å². The maximum atomic E-state index is 12.1. The number of aromatic carboxylic acids is 1. The van der Waals surface area contributed by atoms with Crippen molar-refractivity contribution in [2.75, 3.05) is 5.32 Å². The van der Waals surface area contributed by atoms with Gasteiger partial charge in [0, 0.05) is 18.9 Å². The van der Waals surface area contributed by atoms with Crippen LogP contribution in [0.15, 0.2) is 24.4 Å². The number of carboxylic acid groups (broad SMARTS) is 1. The van der Waals surface area contributed by atoms with Crippen molar-refractivity contribution < 1.29 is 14.7 Å². The summed E-state index contributed by atoms with van der Waals surface area (Å²) in [6.45, 7) is 0. The van der Waals surface area contributed by atoms with Crippen molar-refractivity contribution in [1.29, 1.82) is 0 Å². The lowest BCUT2D eigenvalue weighted by atomic mass is 10.3. The second-order valence-electron chi connectivity index (χ2n) is 3.92. The first kappa shape index (κ1) is 14.4. The number of carbonyl (C=O) groups excluding carboxylic acids is 1. The number of pyridine rings is 1. The third kappa shape index (κ3) is 2.76. The zero-order valence-electron chi connectivity index (χ0n) is 10.2. The van der Waals surface area contributed by atoms with Crippen molar-refractivity contribution in [3.05, 3.63) is 46.0 Å². The molecule has 104 valence electrons. The fraction of sp³-hybridized carbons (Fsp3) is 0.0833. The predicted molar refractivity (Wildman–Crippen MR) is 74.6 cm³/mol. The van der Waals surface area contributed by atoms with Gasteiger partial charge in [0.2, 0.25) is 0 Å². The smallest absolute Gasteiger partial charge is 0.354 e. The first-order valence-corrected chi connectivity index (χ1v) is 6.17. The molecular weight excluding hydrogens is 305 g/mol. The van der Waals surface area contributed by atoms with Crippen LogP contribution in [0.1, 0.15) is 21.0 Å². The molecule has 0 bridgehead atoms. The highest BCUT2D eigenvalue weighted by Gasteiger charge is 2.16. The molecule has 6 nitrogen and oxygen atoms in total. The number of hydrogen-bond donors (Lipinski definition) is 2. The molecule has 8 heteroatoms. The molecule has 2 heterocycles. The van der Waals surface area contributed by atoms with Crippen LogP contribution in [0.3, 0.4) is 0 Å². The van der Waals surface area contributed by atoms with Crippen molar-refractivity contribution in [2.24, 2.45) is 7.05 Å². The summed E-state index contributed by atoms with van der Waals surface area (Å²) < 4.78 is 1.43. The third-order valence-corrected chi connectivity index (χ3v) is 3.43. The van der Waals surface area contributed by atoms with Gasteiger partial charge in [-0.2, -0.15) is 0 Å². The Kier molecular flexibility index (Phi) is 3.96. The number of carboxylic acids is 1. The summed E-state index contributed by atoms with van der Waals surface area (Å²) in [6.07, 6.45) is 1.30. The zero-order valence-corrected chi connectivity index (χ0v) is 11.7. The molecule has 0 unspecified atom stereocenters. The molecule has 0 spiro atoms. The molecule has 0 fully saturated rings. The second-order valence-corrected chi connectivity index (χ2v) is 4.68. The number of nitrogens with one attached hydrogen (secondary N) is 1. The van der Waals surface area contributed by atoms with E-state index in [2.05, 4.69) is 10.3 Å². The van der Waals surface area contributed by atoms with Crippen LogP contribution in [0, 0.1) is 0 Å². The molecule has 0 aliphatic rings. The number of halogens is 2. The van der Waals surface area contributed by atoms with Gasteiger partial charge in [0.15, 0.2) is 0 Å². The first-order valence-electron chi connectivity index (χ1n) is 5.41. The summed E-state index contributed by atoms with van der Waals surface area (Å²) in [7, 11) is 1.60. The van der Waals surface area contributed by atoms with Gasteiger partial charge in [-0.05, 0) is 18.2 Å². The molecule has 20 heavy (non-hydrogen) atoms. The Bertz CT molecular complexity index is 697. The zero-order chi connectivity index (χ0) is 14.9. The molecule has 0 saturated carbocycles. The Morgan fingerprint density at radius 2 is 2.05 bits per heavy atom. The Hall–Kier alpha value is -2.05. The van der Waals surface area contributed by atoms with Gasteiger partial charge in [-0.15, -0.1) is 0 Å². The molecule has 2 aromatic heterocycles. The normalized spacial score (nSPS) is 10.3. The van der Waals surface area contributed by atoms with Crippen molar-refractivity contribution in [1.82, 2.24) is 9.55 Å². The van der Waals surface area contributed by atoms with Gasteiger partial charge in [-0.1, -0.05) is 23.2 Å². The van der Waals surface area contributed by atoms with E-state index in [1.807, 2.05) is 0 Å². The van der Waals surface area contributed by atoms with Crippen LogP contribution in [-0.4, -0.2) is 26.5 Å². The van der Waals surface area contributed by atoms with Gasteiger partial charge >= 0.3 is 5.97 Å². The first-order chi connectivity index (χ1) is 9.40. The average molecular weight is 314 g/mol. The van der Waals surface area contributed by atoms with Gasteiger partial charge in [-0.3, -0.25) is 4.79 Å². The third-order valence-electron chi connectivity index (χ3n) is 2.59. The van der Waals surface area contributed by atoms with Crippen LogP contribution in [0.5, 0.6) is 0 Å². The average Bonchev–Trinajstić information content (AvgIpc) is 2.67. The van der Waals surface area contributed by atoms with E-state index < -0.39 is 11.9 Å². The molecule has 2 aromatic rings. The van der Waals surface area contributed by atoms with Gasteiger partial charge < -0.3 is 15.0 Å². The lowest BCUT2D eigenvalue weighted by Crippen LogP contribution is -2.16. The molecule has 0 saturated heterocycles. The van der Waals surface area contributed by atoms with E-state index in [1.54, 1.807) is 7.05 Å². The summed E-state index contributed by atoms with van der Waals surface area (Å²) >= 11 is 11.7. The summed E-state index contributed by atoms with van der Waals surface area (Å²) in [5.41, 5.74) is 0.412. The van der Waals surface area contributed by atoms with E-state index in [4.69, 9.17) is 28.3 Å². The number of amides is 1. The molecule has 2 rings (SSSR count). The standard InChI is InChI=1S/C12H9Cl2N3O3/c1-17-9(5-7(13)10(17)14)11(18)16-6-2-3-15-8(4-6)12(19)20/h2-5H,1H3,(H,19,20)(H,15,16,18). The Morgan fingerprint density at radius 1 is 1.35 bits per heavy atom. The van der Waals surface area contributed by atoms with Crippen molar-refractivity contribution in [2.45, 2.75) is 0 Å². The quantitative estimate of drug-likeness (QED) is 0.912. The Balaban J connectivity index is 2.25. The lowest BCUT2D eigenvalue weighted by Gasteiger charge is -2.06. The minimum Gasteiger partial charge on any atom is -0.477 e. The maximum Gasteiger partial charge on any atom is 0.354 e. The summed E-state index contributed by atoms with van der Waals surface area (Å²) in [4.78, 5) is 26.5. The minimum absolute atomic E-state index is 0.161. The summed E-state index contributed by atoms with van der Waals surface area (Å²) in [6, 6.07) is 4.17. The minimum atomic E-state index is -1.17. The molecule has 0 aromatic carbocycles. The molecule has 0 aliphatic heterocycles. The topological polar surface area (TPSA) is 84.2 Å². The Labute approximate surface area is 123 Å². The summed E-state index contributed by atoms with van der Waals surface area (Å²) in [5, 5.41) is 11.9. The van der Waals surface area contributed by atoms with Crippen molar-refractivity contribution >= 4 is 40.8 Å². The molecular formula is C12H9Cl2N3O3. The molecule has 1 amide bonds. The van der Waals surface area contributed by atoms with Crippen LogP contribution in [0.4, 0.5) is 5.69 Å². The highest BCUT2D eigenvalue weighted by molar-refractivity contribution is 6.42. The van der Waals surface area contributed by atoms with E-state index in [0.717, 1.165) is 0 Å². The Morgan fingerprint density at radius 3 is 2.60 bits per heavy atom. The number of aromatic nitrogens is 2. The van der Waals surface area contributed by atoms with Gasteiger partial charge in [0.1, 0.15) is 16.5 Å². The fourth-order valence-corrected chi connectivity index (χ4v) is 1.96. The number of hydrogen-bond acceptors (Lipinski definition) is 3. The maximum absolute atomic E-state index is 12.1. The SMILES string of the molecule is Cn1c(C(=O)Nc2ccnc(C(=O)O)c2)cc(Cl)c1Cl. The van der Waals surface area contributed by atoms with Crippen LogP contribution in [0.2, 0.25) is 10.2 Å². The lowest BCUT2D eigenvalue weighted by molar-refractivity contribution is 0.0690. The van der Waals surface area contributed by atoms with Gasteiger partial charge in [0.25, 0.3) is 5.91 Å². The van der Waals surface area contributed by atoms with Crippen molar-refractivity contribution in [3.63, 3.8) is 0 Å². The molecule has 0 aliphatic carbocycles. The van der Waals surface area contributed by atoms with E-state index in [-0.39, 0.29) is 21.6 Å². The van der Waals surface area contributed by atoms with E-state index in [1.165, 1.54) is 29.0 Å². The van der Waals surface area contributed by atoms with Gasteiger partial charge in [-0.25, -0.2) is 9.78 Å². The number of nitrogens with zero attached hydrogens (tertiary/aromatic N) is 2. The van der Waals surface area contributed by atoms with E-state index in [0.29, 0.717) is 5.69 Å². The van der Waals surface area contributed by atoms with Crippen LogP contribution in [-0.2, 0) is 7.05 Å². The van der Waals surface area contributed by atoms with Crippen LogP contribution in [0.25, 0.3) is 0 Å². The molecule has 0 atom stereocenters. The highest BCUT2D eigenvalue weighted by atomic mass is 35.5. The van der Waals surface area contributed by atoms with E-state index >= 15 is 0 Å². The monoisotopic (exact) mass is 313 g/mol. The summed E-state index contributed by atoms with van der Waals surface area (Å²) in [5.74, 6) is -1.63. The fourth-order valence-electron chi connectivity index (χ4n) is 1.58. The largest absolute Gasteiger partial charge is 0.477 e. The van der Waals surface area contributed by atoms with Gasteiger partial charge in [0.05, 0.1) is 5.02 Å². The highest BCUT2D eigenvalue weighted by Crippen LogP contribution is 2.25. The number of anilines is 1. The number of carbonyl (C=O) groups is 2. The number of rotatable bonds is 3. The second kappa shape index (κ2) is 5.52. The van der Waals surface area contributed by atoms with Crippen molar-refractivity contribution in [3.8, 4) is 0 Å². The molecule has 0 radical (unpaired) electrons. The van der Waals surface area contributed by atoms with Crippen LogP contribution < -0.4 is 5.32 Å². The molecule has 2 N–H and O–H groups in total.